The summed E-state index contributed by atoms with van der Waals surface area (Å²) < 4.78 is 38.7. The van der Waals surface area contributed by atoms with Gasteiger partial charge in [-0.2, -0.15) is 13.2 Å². The number of rotatable bonds is 2. The summed E-state index contributed by atoms with van der Waals surface area (Å²) in [7, 11) is 0. The van der Waals surface area contributed by atoms with Crippen LogP contribution in [0.1, 0.15) is 37.8 Å². The van der Waals surface area contributed by atoms with Crippen LogP contribution >= 0.6 is 0 Å². The normalized spacial score (nSPS) is 22.2. The van der Waals surface area contributed by atoms with Gasteiger partial charge in [-0.3, -0.25) is 4.90 Å². The van der Waals surface area contributed by atoms with Gasteiger partial charge in [-0.05, 0) is 32.4 Å². The van der Waals surface area contributed by atoms with E-state index in [0.29, 0.717) is 18.7 Å². The highest BCUT2D eigenvalue weighted by Gasteiger charge is 2.41. The molecule has 1 aromatic carbocycles. The van der Waals surface area contributed by atoms with Crippen LogP contribution in [0.2, 0.25) is 0 Å². The molecule has 1 aliphatic heterocycles. The average Bonchev–Trinajstić information content (AvgIpc) is 2.84. The lowest BCUT2D eigenvalue weighted by atomic mass is 9.89. The van der Waals surface area contributed by atoms with Crippen LogP contribution in [0.25, 0.3) is 0 Å². The summed E-state index contributed by atoms with van der Waals surface area (Å²) >= 11 is 0. The number of halogens is 3. The standard InChI is InChI=1S/C16H21F3N2O2/c1-15(2,3)21(14(22)23)13-9-20-8-12(13)10-5-4-6-11(7-10)16(17,18)19/h4-7,12-13,20H,8-9H2,1-3H3,(H,22,23)/t12-,13+/m0/s1. The second-order valence-corrected chi connectivity index (χ2v) is 6.78. The Kier molecular flexibility index (Phi) is 4.61. The second kappa shape index (κ2) is 6.03. The quantitative estimate of drug-likeness (QED) is 0.872. The van der Waals surface area contributed by atoms with Gasteiger partial charge < -0.3 is 10.4 Å². The predicted octanol–water partition coefficient (Wildman–Crippen LogP) is 3.54. The Morgan fingerprint density at radius 1 is 1.26 bits per heavy atom. The minimum Gasteiger partial charge on any atom is -0.465 e. The van der Waals surface area contributed by atoms with Crippen molar-refractivity contribution in [1.29, 1.82) is 0 Å². The number of nitrogens with zero attached hydrogens (tertiary/aromatic N) is 1. The van der Waals surface area contributed by atoms with Crippen LogP contribution in [0.5, 0.6) is 0 Å². The third-order valence-corrected chi connectivity index (χ3v) is 4.08. The number of benzene rings is 1. The van der Waals surface area contributed by atoms with Crippen molar-refractivity contribution in [3.05, 3.63) is 35.4 Å². The molecule has 2 atom stereocenters. The van der Waals surface area contributed by atoms with Crippen LogP contribution in [-0.4, -0.2) is 40.8 Å². The Hall–Kier alpha value is -1.76. The molecule has 1 heterocycles. The zero-order valence-corrected chi connectivity index (χ0v) is 13.3. The zero-order chi connectivity index (χ0) is 17.4. The van der Waals surface area contributed by atoms with E-state index in [9.17, 15) is 23.1 Å². The molecule has 2 rings (SSSR count). The lowest BCUT2D eigenvalue weighted by molar-refractivity contribution is -0.137. The fraction of sp³-hybridized carbons (Fsp3) is 0.562. The van der Waals surface area contributed by atoms with E-state index < -0.39 is 29.4 Å². The molecule has 7 heteroatoms. The summed E-state index contributed by atoms with van der Waals surface area (Å²) in [5.41, 5.74) is -0.841. The minimum absolute atomic E-state index is 0.312. The van der Waals surface area contributed by atoms with E-state index in [4.69, 9.17) is 0 Å². The lowest BCUT2D eigenvalue weighted by Crippen LogP contribution is -2.53. The summed E-state index contributed by atoms with van der Waals surface area (Å²) in [5, 5.41) is 12.6. The third kappa shape index (κ3) is 3.77. The molecule has 0 aliphatic carbocycles. The summed E-state index contributed by atoms with van der Waals surface area (Å²) in [4.78, 5) is 13.0. The minimum atomic E-state index is -4.41. The van der Waals surface area contributed by atoms with Crippen molar-refractivity contribution in [2.75, 3.05) is 13.1 Å². The fourth-order valence-electron chi connectivity index (χ4n) is 3.15. The number of alkyl halides is 3. The number of hydrogen-bond donors (Lipinski definition) is 2. The van der Waals surface area contributed by atoms with Crippen LogP contribution in [0.3, 0.4) is 0 Å². The van der Waals surface area contributed by atoms with E-state index in [2.05, 4.69) is 5.32 Å². The van der Waals surface area contributed by atoms with Gasteiger partial charge in [-0.15, -0.1) is 0 Å². The molecule has 1 fully saturated rings. The summed E-state index contributed by atoms with van der Waals surface area (Å²) in [6.45, 7) is 6.21. The SMILES string of the molecule is CC(C)(C)N(C(=O)O)[C@@H]1CNC[C@H]1c1cccc(C(F)(F)F)c1. The van der Waals surface area contributed by atoms with Crippen molar-refractivity contribution >= 4 is 6.09 Å². The van der Waals surface area contributed by atoms with Crippen molar-refractivity contribution in [2.45, 2.75) is 44.4 Å². The molecule has 1 aliphatic rings. The van der Waals surface area contributed by atoms with Crippen LogP contribution in [0, 0.1) is 0 Å². The van der Waals surface area contributed by atoms with Gasteiger partial charge in [0.15, 0.2) is 0 Å². The van der Waals surface area contributed by atoms with Gasteiger partial charge >= 0.3 is 12.3 Å². The molecular weight excluding hydrogens is 309 g/mol. The van der Waals surface area contributed by atoms with Crippen LogP contribution in [-0.2, 0) is 6.18 Å². The molecule has 1 amide bonds. The Morgan fingerprint density at radius 3 is 2.43 bits per heavy atom. The number of amides is 1. The van der Waals surface area contributed by atoms with E-state index in [1.807, 2.05) is 0 Å². The largest absolute Gasteiger partial charge is 0.465 e. The highest BCUT2D eigenvalue weighted by Crippen LogP contribution is 2.35. The molecule has 4 nitrogen and oxygen atoms in total. The molecule has 0 saturated carbocycles. The summed E-state index contributed by atoms with van der Waals surface area (Å²) in [6.07, 6.45) is -5.48. The van der Waals surface area contributed by atoms with Gasteiger partial charge in [0.25, 0.3) is 0 Å². The first-order valence-electron chi connectivity index (χ1n) is 7.42. The monoisotopic (exact) mass is 330 g/mol. The van der Waals surface area contributed by atoms with E-state index in [-0.39, 0.29) is 5.92 Å². The molecule has 0 radical (unpaired) electrons. The van der Waals surface area contributed by atoms with Crippen molar-refractivity contribution in [2.24, 2.45) is 0 Å². The number of hydrogen-bond acceptors (Lipinski definition) is 2. The number of nitrogens with one attached hydrogen (secondary N) is 1. The lowest BCUT2D eigenvalue weighted by Gasteiger charge is -2.40. The predicted molar refractivity (Wildman–Crippen MR) is 80.5 cm³/mol. The third-order valence-electron chi connectivity index (χ3n) is 4.08. The Bertz CT molecular complexity index is 581. The number of carbonyl (C=O) groups is 1. The smallest absolute Gasteiger partial charge is 0.416 e. The average molecular weight is 330 g/mol. The van der Waals surface area contributed by atoms with E-state index in [0.717, 1.165) is 12.1 Å². The first-order chi connectivity index (χ1) is 10.5. The highest BCUT2D eigenvalue weighted by molar-refractivity contribution is 5.67. The van der Waals surface area contributed by atoms with E-state index in [1.165, 1.54) is 11.0 Å². The Morgan fingerprint density at radius 2 is 1.91 bits per heavy atom. The summed E-state index contributed by atoms with van der Waals surface area (Å²) in [6, 6.07) is 4.74. The molecule has 2 N–H and O–H groups in total. The Labute approximate surface area is 133 Å². The second-order valence-electron chi connectivity index (χ2n) is 6.78. The number of carboxylic acid groups (broad SMARTS) is 1. The molecule has 23 heavy (non-hydrogen) atoms. The molecular formula is C16H21F3N2O2. The maximum absolute atomic E-state index is 12.9. The molecule has 128 valence electrons. The first-order valence-corrected chi connectivity index (χ1v) is 7.42. The molecule has 1 saturated heterocycles. The molecule has 0 spiro atoms. The topological polar surface area (TPSA) is 52.6 Å². The van der Waals surface area contributed by atoms with Crippen LogP contribution in [0.4, 0.5) is 18.0 Å². The first kappa shape index (κ1) is 17.6. The van der Waals surface area contributed by atoms with Crippen molar-refractivity contribution in [3.8, 4) is 0 Å². The van der Waals surface area contributed by atoms with Crippen molar-refractivity contribution in [1.82, 2.24) is 10.2 Å². The maximum Gasteiger partial charge on any atom is 0.416 e. The van der Waals surface area contributed by atoms with Crippen molar-refractivity contribution in [3.63, 3.8) is 0 Å². The van der Waals surface area contributed by atoms with Gasteiger partial charge in [-0.1, -0.05) is 18.2 Å². The molecule has 0 unspecified atom stereocenters. The van der Waals surface area contributed by atoms with E-state index >= 15 is 0 Å². The zero-order valence-electron chi connectivity index (χ0n) is 13.3. The van der Waals surface area contributed by atoms with Gasteiger partial charge in [-0.25, -0.2) is 4.79 Å². The van der Waals surface area contributed by atoms with Crippen LogP contribution < -0.4 is 5.32 Å². The van der Waals surface area contributed by atoms with Crippen LogP contribution in [0.15, 0.2) is 24.3 Å². The maximum atomic E-state index is 12.9. The van der Waals surface area contributed by atoms with Gasteiger partial charge in [0.05, 0.1) is 11.6 Å². The fourth-order valence-corrected chi connectivity index (χ4v) is 3.15. The van der Waals surface area contributed by atoms with Gasteiger partial charge in [0, 0.05) is 24.5 Å². The molecule has 0 aromatic heterocycles. The van der Waals surface area contributed by atoms with Gasteiger partial charge in [0.2, 0.25) is 0 Å². The molecule has 0 bridgehead atoms. The van der Waals surface area contributed by atoms with E-state index in [1.54, 1.807) is 26.8 Å². The summed E-state index contributed by atoms with van der Waals surface area (Å²) in [5.74, 6) is -0.312. The van der Waals surface area contributed by atoms with Gasteiger partial charge in [0.1, 0.15) is 0 Å². The molecule has 1 aromatic rings. The Balaban J connectivity index is 2.37. The van der Waals surface area contributed by atoms with Crippen molar-refractivity contribution < 1.29 is 23.1 Å². The highest BCUT2D eigenvalue weighted by atomic mass is 19.4.